The van der Waals surface area contributed by atoms with Crippen LogP contribution in [-0.2, 0) is 24.2 Å². The van der Waals surface area contributed by atoms with Crippen molar-refractivity contribution < 1.29 is 19.4 Å². The highest BCUT2D eigenvalue weighted by Gasteiger charge is 2.18. The Morgan fingerprint density at radius 3 is 2.19 bits per heavy atom. The van der Waals surface area contributed by atoms with Crippen molar-refractivity contribution in [2.45, 2.75) is 19.4 Å². The number of aliphatic carboxylic acids is 1. The maximum Gasteiger partial charge on any atom is 0.307 e. The van der Waals surface area contributed by atoms with Crippen LogP contribution in [0.1, 0.15) is 16.7 Å². The fourth-order valence-corrected chi connectivity index (χ4v) is 2.26. The fraction of sp³-hybridized carbons (Fsp3) is 0.235. The molecule has 0 saturated carbocycles. The molecule has 2 aromatic carbocycles. The Kier molecular flexibility index (Phi) is 5.06. The number of hydrogen-bond acceptors (Lipinski definition) is 2. The summed E-state index contributed by atoms with van der Waals surface area (Å²) >= 11 is 0. The van der Waals surface area contributed by atoms with Gasteiger partial charge < -0.3 is 10.2 Å². The molecule has 0 heterocycles. The first-order valence-corrected chi connectivity index (χ1v) is 6.74. The molecule has 0 radical (unpaired) electrons. The van der Waals surface area contributed by atoms with Gasteiger partial charge in [-0.2, -0.15) is 0 Å². The Labute approximate surface area is 122 Å². The minimum absolute atomic E-state index is 0.0358. The SMILES string of the molecule is O=C(O)C(Cc1ccc(CO)cc1)Cc1cccc(F)c1. The first-order chi connectivity index (χ1) is 10.1. The number of carboxylic acids is 1. The van der Waals surface area contributed by atoms with Crippen molar-refractivity contribution in [3.8, 4) is 0 Å². The predicted octanol–water partition coefficient (Wildman–Crippen LogP) is 2.80. The maximum absolute atomic E-state index is 13.2. The van der Waals surface area contributed by atoms with Gasteiger partial charge in [0.05, 0.1) is 12.5 Å². The molecule has 0 fully saturated rings. The van der Waals surface area contributed by atoms with Gasteiger partial charge in [-0.1, -0.05) is 36.4 Å². The van der Waals surface area contributed by atoms with E-state index in [4.69, 9.17) is 5.11 Å². The number of rotatable bonds is 6. The van der Waals surface area contributed by atoms with E-state index in [-0.39, 0.29) is 18.8 Å². The first-order valence-electron chi connectivity index (χ1n) is 6.74. The highest BCUT2D eigenvalue weighted by Crippen LogP contribution is 2.17. The molecule has 2 aromatic rings. The lowest BCUT2D eigenvalue weighted by Crippen LogP contribution is -2.19. The zero-order chi connectivity index (χ0) is 15.2. The molecule has 0 saturated heterocycles. The molecular formula is C17H17FO3. The zero-order valence-electron chi connectivity index (χ0n) is 11.5. The van der Waals surface area contributed by atoms with Gasteiger partial charge in [0.15, 0.2) is 0 Å². The summed E-state index contributed by atoms with van der Waals surface area (Å²) in [5.74, 6) is -1.86. The molecule has 0 aliphatic heterocycles. The Morgan fingerprint density at radius 1 is 1.00 bits per heavy atom. The van der Waals surface area contributed by atoms with Crippen molar-refractivity contribution in [3.05, 3.63) is 71.0 Å². The Morgan fingerprint density at radius 2 is 1.62 bits per heavy atom. The van der Waals surface area contributed by atoms with Crippen molar-refractivity contribution in [2.75, 3.05) is 0 Å². The molecule has 0 aliphatic carbocycles. The van der Waals surface area contributed by atoms with Crippen LogP contribution in [0.4, 0.5) is 4.39 Å². The number of aliphatic hydroxyl groups excluding tert-OH is 1. The van der Waals surface area contributed by atoms with E-state index >= 15 is 0 Å². The molecule has 2 N–H and O–H groups in total. The highest BCUT2D eigenvalue weighted by molar-refractivity contribution is 5.70. The molecule has 0 aromatic heterocycles. The van der Waals surface area contributed by atoms with Gasteiger partial charge in [-0.25, -0.2) is 4.39 Å². The third kappa shape index (κ3) is 4.39. The summed E-state index contributed by atoms with van der Waals surface area (Å²) in [6.07, 6.45) is 0.659. The minimum atomic E-state index is -0.898. The Hall–Kier alpha value is -2.20. The van der Waals surface area contributed by atoms with Gasteiger partial charge >= 0.3 is 5.97 Å². The number of carbonyl (C=O) groups is 1. The van der Waals surface area contributed by atoms with E-state index in [0.717, 1.165) is 11.1 Å². The van der Waals surface area contributed by atoms with Gasteiger partial charge in [-0.05, 0) is 41.7 Å². The molecule has 4 heteroatoms. The summed E-state index contributed by atoms with van der Waals surface area (Å²) in [7, 11) is 0. The molecular weight excluding hydrogens is 271 g/mol. The molecule has 0 amide bonds. The molecule has 3 nitrogen and oxygen atoms in total. The lowest BCUT2D eigenvalue weighted by molar-refractivity contribution is -0.141. The summed E-state index contributed by atoms with van der Waals surface area (Å²) < 4.78 is 13.2. The third-order valence-electron chi connectivity index (χ3n) is 3.41. The summed E-state index contributed by atoms with van der Waals surface area (Å²) in [4.78, 5) is 11.4. The molecule has 1 unspecified atom stereocenters. The molecule has 21 heavy (non-hydrogen) atoms. The predicted molar refractivity (Wildman–Crippen MR) is 77.3 cm³/mol. The van der Waals surface area contributed by atoms with E-state index in [0.29, 0.717) is 12.0 Å². The van der Waals surface area contributed by atoms with Crippen LogP contribution in [0, 0.1) is 11.7 Å². The quantitative estimate of drug-likeness (QED) is 0.859. The second-order valence-electron chi connectivity index (χ2n) is 5.05. The summed E-state index contributed by atoms with van der Waals surface area (Å²) in [6.45, 7) is -0.0358. The van der Waals surface area contributed by atoms with Crippen molar-refractivity contribution in [1.29, 1.82) is 0 Å². The van der Waals surface area contributed by atoms with Crippen LogP contribution in [-0.4, -0.2) is 16.2 Å². The van der Waals surface area contributed by atoms with Gasteiger partial charge in [-0.15, -0.1) is 0 Å². The maximum atomic E-state index is 13.2. The van der Waals surface area contributed by atoms with Gasteiger partial charge in [0, 0.05) is 0 Å². The topological polar surface area (TPSA) is 57.5 Å². The molecule has 0 aliphatic rings. The number of aliphatic hydroxyl groups is 1. The van der Waals surface area contributed by atoms with E-state index < -0.39 is 11.9 Å². The first kappa shape index (κ1) is 15.2. The van der Waals surface area contributed by atoms with Crippen LogP contribution < -0.4 is 0 Å². The number of halogens is 1. The molecule has 0 bridgehead atoms. The van der Waals surface area contributed by atoms with Gasteiger partial charge in [0.25, 0.3) is 0 Å². The molecule has 0 spiro atoms. The van der Waals surface area contributed by atoms with Crippen LogP contribution in [0.25, 0.3) is 0 Å². The second-order valence-corrected chi connectivity index (χ2v) is 5.05. The van der Waals surface area contributed by atoms with Gasteiger partial charge in [0.2, 0.25) is 0 Å². The molecule has 2 rings (SSSR count). The summed E-state index contributed by atoms with van der Waals surface area (Å²) in [6, 6.07) is 13.2. The van der Waals surface area contributed by atoms with Gasteiger partial charge in [-0.3, -0.25) is 4.79 Å². The minimum Gasteiger partial charge on any atom is -0.481 e. The van der Waals surface area contributed by atoms with E-state index in [1.165, 1.54) is 12.1 Å². The smallest absolute Gasteiger partial charge is 0.307 e. The lowest BCUT2D eigenvalue weighted by atomic mass is 9.92. The monoisotopic (exact) mass is 288 g/mol. The van der Waals surface area contributed by atoms with Crippen molar-refractivity contribution in [2.24, 2.45) is 5.92 Å². The van der Waals surface area contributed by atoms with Crippen LogP contribution in [0.3, 0.4) is 0 Å². The van der Waals surface area contributed by atoms with Crippen LogP contribution >= 0.6 is 0 Å². The number of hydrogen-bond donors (Lipinski definition) is 2. The average Bonchev–Trinajstić information content (AvgIpc) is 2.47. The number of benzene rings is 2. The van der Waals surface area contributed by atoms with Crippen LogP contribution in [0.5, 0.6) is 0 Å². The molecule has 110 valence electrons. The third-order valence-corrected chi connectivity index (χ3v) is 3.41. The van der Waals surface area contributed by atoms with Crippen molar-refractivity contribution >= 4 is 5.97 Å². The number of carboxylic acid groups (broad SMARTS) is 1. The standard InChI is InChI=1S/C17H17FO3/c18-16-3-1-2-14(10-16)9-15(17(20)21)8-12-4-6-13(11-19)7-5-12/h1-7,10,15,19H,8-9,11H2,(H,20,21). The average molecular weight is 288 g/mol. The largest absolute Gasteiger partial charge is 0.481 e. The van der Waals surface area contributed by atoms with Crippen molar-refractivity contribution in [1.82, 2.24) is 0 Å². The van der Waals surface area contributed by atoms with Gasteiger partial charge in [0.1, 0.15) is 5.82 Å². The Bertz CT molecular complexity index is 608. The lowest BCUT2D eigenvalue weighted by Gasteiger charge is -2.13. The summed E-state index contributed by atoms with van der Waals surface area (Å²) in [5, 5.41) is 18.3. The zero-order valence-corrected chi connectivity index (χ0v) is 11.5. The van der Waals surface area contributed by atoms with Crippen LogP contribution in [0.15, 0.2) is 48.5 Å². The summed E-state index contributed by atoms with van der Waals surface area (Å²) in [5.41, 5.74) is 2.35. The van der Waals surface area contributed by atoms with E-state index in [2.05, 4.69) is 0 Å². The highest BCUT2D eigenvalue weighted by atomic mass is 19.1. The van der Waals surface area contributed by atoms with E-state index in [1.54, 1.807) is 24.3 Å². The second kappa shape index (κ2) is 6.99. The van der Waals surface area contributed by atoms with E-state index in [9.17, 15) is 14.3 Å². The molecule has 1 atom stereocenters. The fourth-order valence-electron chi connectivity index (χ4n) is 2.26. The van der Waals surface area contributed by atoms with Crippen molar-refractivity contribution in [3.63, 3.8) is 0 Å². The van der Waals surface area contributed by atoms with Crippen LogP contribution in [0.2, 0.25) is 0 Å². The van der Waals surface area contributed by atoms with E-state index in [1.807, 2.05) is 12.1 Å². The Balaban J connectivity index is 2.10. The normalized spacial score (nSPS) is 12.1.